The van der Waals surface area contributed by atoms with E-state index in [0.717, 1.165) is 18.4 Å². The van der Waals surface area contributed by atoms with E-state index in [1.54, 1.807) is 41.9 Å². The number of imidazole rings is 1. The first-order valence-electron chi connectivity index (χ1n) is 10.7. The van der Waals surface area contributed by atoms with Crippen LogP contribution in [0.2, 0.25) is 0 Å². The van der Waals surface area contributed by atoms with Gasteiger partial charge in [0.1, 0.15) is 28.1 Å². The van der Waals surface area contributed by atoms with Crippen LogP contribution in [-0.2, 0) is 10.2 Å². The Labute approximate surface area is 195 Å². The number of ether oxygens (including phenoxy) is 3. The van der Waals surface area contributed by atoms with Crippen molar-refractivity contribution in [2.75, 3.05) is 20.8 Å². The van der Waals surface area contributed by atoms with E-state index in [1.165, 1.54) is 20.3 Å². The summed E-state index contributed by atoms with van der Waals surface area (Å²) >= 11 is 0. The van der Waals surface area contributed by atoms with Crippen LogP contribution in [0, 0.1) is 11.3 Å². The summed E-state index contributed by atoms with van der Waals surface area (Å²) in [7, 11) is 2.89. The number of halogens is 2. The van der Waals surface area contributed by atoms with Crippen molar-refractivity contribution < 1.29 is 27.8 Å². The summed E-state index contributed by atoms with van der Waals surface area (Å²) in [5.74, 6) is -0.709. The van der Waals surface area contributed by atoms with Gasteiger partial charge in [-0.1, -0.05) is 0 Å². The molecule has 1 aliphatic carbocycles. The number of carbonyl (C=O) groups is 1. The molecule has 1 saturated carbocycles. The van der Waals surface area contributed by atoms with E-state index in [0.29, 0.717) is 16.9 Å². The number of nitrogens with one attached hydrogen (secondary N) is 1. The Kier molecular flexibility index (Phi) is 6.39. The number of alkyl halides is 2. The summed E-state index contributed by atoms with van der Waals surface area (Å²) in [6.45, 7) is -1.14. The fourth-order valence-electron chi connectivity index (χ4n) is 3.80. The van der Waals surface area contributed by atoms with Crippen LogP contribution in [0.15, 0.2) is 36.7 Å². The number of benzene rings is 1. The molecule has 0 aliphatic heterocycles. The second-order valence-corrected chi connectivity index (χ2v) is 8.34. The zero-order valence-electron chi connectivity index (χ0n) is 19.0. The predicted molar refractivity (Wildman–Crippen MR) is 119 cm³/mol. The third-order valence-electron chi connectivity index (χ3n) is 5.77. The maximum absolute atomic E-state index is 13.2. The molecule has 1 fully saturated rings. The minimum Gasteiger partial charge on any atom is -0.496 e. The predicted octanol–water partition coefficient (Wildman–Crippen LogP) is 3.93. The van der Waals surface area contributed by atoms with Crippen LogP contribution in [0.3, 0.4) is 0 Å². The van der Waals surface area contributed by atoms with E-state index < -0.39 is 17.9 Å². The van der Waals surface area contributed by atoms with Crippen LogP contribution in [-0.4, -0.2) is 48.8 Å². The molecule has 34 heavy (non-hydrogen) atoms. The second-order valence-electron chi connectivity index (χ2n) is 8.34. The number of fused-ring (bicyclic) bond motifs is 1. The molecular weight excluding hydrogens is 446 g/mol. The van der Waals surface area contributed by atoms with E-state index in [9.17, 15) is 18.8 Å². The first-order chi connectivity index (χ1) is 16.3. The summed E-state index contributed by atoms with van der Waals surface area (Å²) in [4.78, 5) is 17.1. The molecule has 178 valence electrons. The van der Waals surface area contributed by atoms with Crippen molar-refractivity contribution in [3.05, 3.63) is 47.8 Å². The van der Waals surface area contributed by atoms with Gasteiger partial charge in [0.15, 0.2) is 0 Å². The maximum atomic E-state index is 13.2. The largest absolute Gasteiger partial charge is 0.496 e. The molecule has 0 saturated heterocycles. The van der Waals surface area contributed by atoms with Crippen LogP contribution in [0.1, 0.15) is 35.7 Å². The average Bonchev–Trinajstić information content (AvgIpc) is 3.52. The number of nitriles is 1. The SMILES string of the molecule is COCC(C)(C#N)c1ccn2c(-c3cc(OC)c(C(=O)NC4CC4)c(OC(F)F)c3)cnc2c1. The number of amides is 1. The second kappa shape index (κ2) is 9.27. The van der Waals surface area contributed by atoms with E-state index in [1.807, 2.05) is 0 Å². The molecule has 4 rings (SSSR count). The zero-order chi connectivity index (χ0) is 24.5. The highest BCUT2D eigenvalue weighted by Crippen LogP contribution is 2.37. The number of pyridine rings is 1. The number of aromatic nitrogens is 2. The molecule has 3 aromatic rings. The van der Waals surface area contributed by atoms with Crippen molar-refractivity contribution in [3.8, 4) is 28.8 Å². The Balaban J connectivity index is 1.79. The molecule has 0 bridgehead atoms. The Hall–Kier alpha value is -3.71. The van der Waals surface area contributed by atoms with Crippen molar-refractivity contribution in [1.29, 1.82) is 5.26 Å². The van der Waals surface area contributed by atoms with Gasteiger partial charge in [0, 0.05) is 24.9 Å². The highest BCUT2D eigenvalue weighted by molar-refractivity contribution is 6.01. The lowest BCUT2D eigenvalue weighted by atomic mass is 9.85. The third kappa shape index (κ3) is 4.52. The summed E-state index contributed by atoms with van der Waals surface area (Å²) in [6.07, 6.45) is 5.00. The highest BCUT2D eigenvalue weighted by Gasteiger charge is 2.30. The molecule has 8 nitrogen and oxygen atoms in total. The Morgan fingerprint density at radius 2 is 2.06 bits per heavy atom. The molecule has 2 aromatic heterocycles. The molecule has 1 atom stereocenters. The van der Waals surface area contributed by atoms with E-state index in [4.69, 9.17) is 14.2 Å². The van der Waals surface area contributed by atoms with Gasteiger partial charge in [-0.3, -0.25) is 9.20 Å². The summed E-state index contributed by atoms with van der Waals surface area (Å²) in [5.41, 5.74) is 1.37. The lowest BCUT2D eigenvalue weighted by Gasteiger charge is -2.21. The molecule has 0 radical (unpaired) electrons. The lowest BCUT2D eigenvalue weighted by Crippen LogP contribution is -2.26. The maximum Gasteiger partial charge on any atom is 0.387 e. The van der Waals surface area contributed by atoms with Gasteiger partial charge < -0.3 is 19.5 Å². The lowest BCUT2D eigenvalue weighted by molar-refractivity contribution is -0.0502. The van der Waals surface area contributed by atoms with Crippen molar-refractivity contribution in [2.45, 2.75) is 37.8 Å². The van der Waals surface area contributed by atoms with Crippen molar-refractivity contribution in [2.24, 2.45) is 0 Å². The molecule has 2 heterocycles. The Morgan fingerprint density at radius 3 is 2.68 bits per heavy atom. The molecule has 1 amide bonds. The van der Waals surface area contributed by atoms with Gasteiger partial charge in [0.2, 0.25) is 0 Å². The Bertz CT molecular complexity index is 1270. The van der Waals surface area contributed by atoms with E-state index >= 15 is 0 Å². The first-order valence-corrected chi connectivity index (χ1v) is 10.7. The number of hydrogen-bond donors (Lipinski definition) is 1. The van der Waals surface area contributed by atoms with Gasteiger partial charge in [-0.05, 0) is 49.6 Å². The summed E-state index contributed by atoms with van der Waals surface area (Å²) in [5, 5.41) is 12.4. The van der Waals surface area contributed by atoms with Crippen LogP contribution >= 0.6 is 0 Å². The van der Waals surface area contributed by atoms with Gasteiger partial charge in [-0.15, -0.1) is 0 Å². The molecule has 1 aromatic carbocycles. The molecule has 0 spiro atoms. The average molecular weight is 470 g/mol. The summed E-state index contributed by atoms with van der Waals surface area (Å²) < 4.78 is 43.5. The molecule has 1 aliphatic rings. The smallest absolute Gasteiger partial charge is 0.387 e. The van der Waals surface area contributed by atoms with Gasteiger partial charge in [0.25, 0.3) is 5.91 Å². The molecular formula is C24H24F2N4O4. The zero-order valence-corrected chi connectivity index (χ0v) is 19.0. The number of nitrogens with zero attached hydrogens (tertiary/aromatic N) is 3. The Morgan fingerprint density at radius 1 is 1.32 bits per heavy atom. The van der Waals surface area contributed by atoms with Crippen molar-refractivity contribution in [1.82, 2.24) is 14.7 Å². The quantitative estimate of drug-likeness (QED) is 0.509. The summed E-state index contributed by atoms with van der Waals surface area (Å²) in [6, 6.07) is 8.82. The van der Waals surface area contributed by atoms with Gasteiger partial charge in [0.05, 0.1) is 31.7 Å². The monoisotopic (exact) mass is 470 g/mol. The van der Waals surface area contributed by atoms with Crippen LogP contribution in [0.25, 0.3) is 16.9 Å². The van der Waals surface area contributed by atoms with Gasteiger partial charge in [-0.2, -0.15) is 14.0 Å². The number of hydrogen-bond acceptors (Lipinski definition) is 6. The van der Waals surface area contributed by atoms with E-state index in [2.05, 4.69) is 16.4 Å². The van der Waals surface area contributed by atoms with Crippen LogP contribution in [0.5, 0.6) is 11.5 Å². The van der Waals surface area contributed by atoms with Gasteiger partial charge in [-0.25, -0.2) is 4.98 Å². The molecule has 1 unspecified atom stereocenters. The fraction of sp³-hybridized carbons (Fsp3) is 0.375. The molecule has 10 heteroatoms. The highest BCUT2D eigenvalue weighted by atomic mass is 19.3. The first kappa shape index (κ1) is 23.4. The van der Waals surface area contributed by atoms with Crippen molar-refractivity contribution >= 4 is 11.6 Å². The minimum absolute atomic E-state index is 0.0291. The fourth-order valence-corrected chi connectivity index (χ4v) is 3.80. The topological polar surface area (TPSA) is 97.9 Å². The number of methoxy groups -OCH3 is 2. The van der Waals surface area contributed by atoms with Gasteiger partial charge >= 0.3 is 6.61 Å². The third-order valence-corrected chi connectivity index (χ3v) is 5.77. The number of carbonyl (C=O) groups excluding carboxylic acids is 1. The van der Waals surface area contributed by atoms with Crippen LogP contribution in [0.4, 0.5) is 8.78 Å². The van der Waals surface area contributed by atoms with Crippen LogP contribution < -0.4 is 14.8 Å². The minimum atomic E-state index is -3.12. The molecule has 1 N–H and O–H groups in total. The standard InChI is InChI=1S/C24H24F2N4O4/c1-24(12-27,13-32-2)15-6-7-30-17(11-28-20(30)10-15)14-8-18(33-3)21(19(9-14)34-23(25)26)22(31)29-16-4-5-16/h6-11,16,23H,4-5,13H2,1-3H3,(H,29,31). The number of rotatable bonds is 9. The van der Waals surface area contributed by atoms with E-state index in [-0.39, 0.29) is 29.7 Å². The normalized spacial score (nSPS) is 15.1. The van der Waals surface area contributed by atoms with Crippen molar-refractivity contribution in [3.63, 3.8) is 0 Å².